The van der Waals surface area contributed by atoms with Crippen molar-refractivity contribution in [3.8, 4) is 22.3 Å². The van der Waals surface area contributed by atoms with Gasteiger partial charge >= 0.3 is 306 Å². The molecular formula is C48H44HfSi. The fourth-order valence-electron chi connectivity index (χ4n) is 10.4. The number of fused-ring (bicyclic) bond motifs is 6. The molecule has 2 heteroatoms. The van der Waals surface area contributed by atoms with E-state index in [2.05, 4.69) is 183 Å². The van der Waals surface area contributed by atoms with Gasteiger partial charge in [-0.2, -0.15) is 0 Å². The average Bonchev–Trinajstić information content (AvgIpc) is 3.70. The minimum atomic E-state index is -3.33. The maximum atomic E-state index is 2.79. The molecule has 0 bridgehead atoms. The van der Waals surface area contributed by atoms with Crippen LogP contribution in [0.2, 0.25) is 9.36 Å². The second-order valence-electron chi connectivity index (χ2n) is 15.7. The SMILES string of the molecule is Cc1cc(C)cc(-c2cccc3c2C=C2[CH]3[Hf]([CH3])([CH3])[CH]3C(=Cc4c(-c5cc(C)cc(C)c5)cccc43)[Si]2(c2ccccc2)c2ccccc2)c1. The summed E-state index contributed by atoms with van der Waals surface area (Å²) in [4.78, 5) is 0. The zero-order valence-electron chi connectivity index (χ0n) is 30.0. The average molecular weight is 827 g/mol. The third-order valence-corrected chi connectivity index (χ3v) is 34.2. The van der Waals surface area contributed by atoms with Crippen LogP contribution >= 0.6 is 0 Å². The Labute approximate surface area is 303 Å². The van der Waals surface area contributed by atoms with E-state index < -0.39 is 28.0 Å². The van der Waals surface area contributed by atoms with Crippen molar-refractivity contribution >= 4 is 30.6 Å². The molecule has 2 unspecified atom stereocenters. The zero-order chi connectivity index (χ0) is 34.4. The molecule has 0 saturated carbocycles. The van der Waals surface area contributed by atoms with E-state index in [1.807, 2.05) is 0 Å². The molecule has 6 aromatic carbocycles. The van der Waals surface area contributed by atoms with Crippen molar-refractivity contribution in [1.82, 2.24) is 0 Å². The number of allylic oxidation sites excluding steroid dienone is 2. The van der Waals surface area contributed by atoms with Crippen molar-refractivity contribution in [3.63, 3.8) is 0 Å². The van der Waals surface area contributed by atoms with Crippen LogP contribution < -0.4 is 10.4 Å². The van der Waals surface area contributed by atoms with Crippen LogP contribution in [0, 0.1) is 27.7 Å². The van der Waals surface area contributed by atoms with Crippen LogP contribution in [0.1, 0.15) is 51.9 Å². The van der Waals surface area contributed by atoms with Crippen LogP contribution in [0.5, 0.6) is 0 Å². The number of benzene rings is 6. The van der Waals surface area contributed by atoms with Crippen molar-refractivity contribution in [3.05, 3.63) is 188 Å². The molecule has 1 saturated heterocycles. The normalized spacial score (nSPS) is 19.2. The van der Waals surface area contributed by atoms with Crippen LogP contribution in [-0.2, 0) is 20.0 Å². The van der Waals surface area contributed by atoms with Gasteiger partial charge in [0.25, 0.3) is 0 Å². The Morgan fingerprint density at radius 3 is 1.20 bits per heavy atom. The molecule has 0 radical (unpaired) electrons. The third kappa shape index (κ3) is 4.64. The Bertz CT molecular complexity index is 2190. The molecular weight excluding hydrogens is 783 g/mol. The van der Waals surface area contributed by atoms with Gasteiger partial charge in [-0.05, 0) is 0 Å². The van der Waals surface area contributed by atoms with Crippen molar-refractivity contribution in [2.45, 2.75) is 44.4 Å². The summed E-state index contributed by atoms with van der Waals surface area (Å²) in [6, 6.07) is 52.0. The Hall–Kier alpha value is -4.11. The van der Waals surface area contributed by atoms with Gasteiger partial charge < -0.3 is 0 Å². The van der Waals surface area contributed by atoms with Crippen LogP contribution in [-0.4, -0.2) is 8.07 Å². The molecule has 2 aliphatic carbocycles. The fraction of sp³-hybridized carbons (Fsp3) is 0.167. The summed E-state index contributed by atoms with van der Waals surface area (Å²) in [5, 5.41) is 6.50. The first kappa shape index (κ1) is 31.8. The van der Waals surface area contributed by atoms with E-state index >= 15 is 0 Å². The summed E-state index contributed by atoms with van der Waals surface area (Å²) in [6.45, 7) is 8.94. The summed E-state index contributed by atoms with van der Waals surface area (Å²) in [6.07, 6.45) is 5.46. The molecule has 1 heterocycles. The molecule has 6 aromatic rings. The number of hydrogen-bond acceptors (Lipinski definition) is 0. The van der Waals surface area contributed by atoms with Gasteiger partial charge in [-0.3, -0.25) is 0 Å². The summed E-state index contributed by atoms with van der Waals surface area (Å²) in [5.41, 5.74) is 16.9. The molecule has 0 amide bonds. The van der Waals surface area contributed by atoms with Gasteiger partial charge in [-0.1, -0.05) is 0 Å². The standard InChI is InChI=1S/C46H38Si.2CH3.Hf/c1-31-21-32(2)24-37(23-31)43-19-11-13-35-27-41(29-45(35)43)47(39-15-7-5-8-16-39,40-17-9-6-10-18-40)42-28-36-14-12-20-44(46(36)30-42)38-25-33(3)22-34(4)26-38;;;/h5-30H,1-4H3;2*1H3;. The molecule has 2 atom stereocenters. The number of hydrogen-bond donors (Lipinski definition) is 0. The quantitative estimate of drug-likeness (QED) is 0.155. The van der Waals surface area contributed by atoms with E-state index in [1.54, 1.807) is 21.5 Å². The predicted molar refractivity (Wildman–Crippen MR) is 214 cm³/mol. The number of rotatable bonds is 4. The van der Waals surface area contributed by atoms with E-state index in [0.29, 0.717) is 7.35 Å². The van der Waals surface area contributed by atoms with Crippen LogP contribution in [0.25, 0.3) is 34.4 Å². The van der Waals surface area contributed by atoms with Gasteiger partial charge in [0.2, 0.25) is 0 Å². The molecule has 3 aliphatic rings. The molecule has 9 rings (SSSR count). The minimum absolute atomic E-state index is 0.508. The van der Waals surface area contributed by atoms with Crippen LogP contribution in [0.3, 0.4) is 0 Å². The first-order valence-electron chi connectivity index (χ1n) is 18.2. The second kappa shape index (κ2) is 11.7. The van der Waals surface area contributed by atoms with Crippen molar-refractivity contribution in [2.24, 2.45) is 0 Å². The fourth-order valence-corrected chi connectivity index (χ4v) is 41.5. The van der Waals surface area contributed by atoms with E-state index in [4.69, 9.17) is 0 Å². The molecule has 244 valence electrons. The topological polar surface area (TPSA) is 0 Å². The van der Waals surface area contributed by atoms with Crippen molar-refractivity contribution in [1.29, 1.82) is 0 Å². The predicted octanol–water partition coefficient (Wildman–Crippen LogP) is 11.4. The zero-order valence-corrected chi connectivity index (χ0v) is 34.6. The van der Waals surface area contributed by atoms with E-state index in [0.717, 1.165) is 0 Å². The van der Waals surface area contributed by atoms with Crippen LogP contribution in [0.15, 0.2) is 144 Å². The van der Waals surface area contributed by atoms with Gasteiger partial charge in [0.15, 0.2) is 0 Å². The van der Waals surface area contributed by atoms with Crippen molar-refractivity contribution < 1.29 is 20.0 Å². The van der Waals surface area contributed by atoms with Gasteiger partial charge in [0.1, 0.15) is 0 Å². The summed E-state index contributed by atoms with van der Waals surface area (Å²) in [5.74, 6) is 0. The van der Waals surface area contributed by atoms with E-state index in [9.17, 15) is 0 Å². The molecule has 50 heavy (non-hydrogen) atoms. The van der Waals surface area contributed by atoms with Gasteiger partial charge in [0, 0.05) is 0 Å². The first-order valence-corrected chi connectivity index (χ1v) is 31.5. The Kier molecular flexibility index (Phi) is 7.46. The Morgan fingerprint density at radius 2 is 0.820 bits per heavy atom. The molecule has 0 N–H and O–H groups in total. The molecule has 1 fully saturated rings. The summed E-state index contributed by atoms with van der Waals surface area (Å²) < 4.78 is 6.59. The van der Waals surface area contributed by atoms with Gasteiger partial charge in [0.05, 0.1) is 0 Å². The second-order valence-corrected chi connectivity index (χ2v) is 36.8. The van der Waals surface area contributed by atoms with E-state index in [1.165, 1.54) is 66.0 Å². The molecule has 0 nitrogen and oxygen atoms in total. The summed E-state index contributed by atoms with van der Waals surface area (Å²) >= 11 is -3.33. The van der Waals surface area contributed by atoms with Crippen LogP contribution in [0.4, 0.5) is 0 Å². The van der Waals surface area contributed by atoms with Gasteiger partial charge in [-0.15, -0.1) is 0 Å². The molecule has 0 aromatic heterocycles. The summed E-state index contributed by atoms with van der Waals surface area (Å²) in [7, 11) is -2.69. The Morgan fingerprint density at radius 1 is 0.440 bits per heavy atom. The van der Waals surface area contributed by atoms with Gasteiger partial charge in [-0.25, -0.2) is 0 Å². The monoisotopic (exact) mass is 828 g/mol. The number of aryl methyl sites for hydroxylation is 4. The molecule has 0 spiro atoms. The maximum absolute atomic E-state index is 3.33. The van der Waals surface area contributed by atoms with E-state index in [-0.39, 0.29) is 0 Å². The van der Waals surface area contributed by atoms with Crippen molar-refractivity contribution in [2.75, 3.05) is 0 Å². The molecule has 1 aliphatic heterocycles. The first-order chi connectivity index (χ1) is 24.2. The Balaban J connectivity index is 1.40. The third-order valence-electron chi connectivity index (χ3n) is 12.0.